The molecule has 152 valence electrons. The molecule has 5 rings (SSSR count). The summed E-state index contributed by atoms with van der Waals surface area (Å²) in [6.45, 7) is 5.30. The molecule has 0 aromatic rings. The third-order valence-electron chi connectivity index (χ3n) is 6.26. The highest BCUT2D eigenvalue weighted by Crippen LogP contribution is 2.38. The molecular weight excluding hydrogens is 360 g/mol. The Morgan fingerprint density at radius 1 is 0.571 bits per heavy atom. The molecule has 2 atom stereocenters. The molecule has 2 N–H and O–H groups in total. The van der Waals surface area contributed by atoms with Gasteiger partial charge in [-0.1, -0.05) is 0 Å². The van der Waals surface area contributed by atoms with Crippen LogP contribution >= 0.6 is 0 Å². The largest absolute Gasteiger partial charge is 0.391 e. The molecule has 8 heteroatoms. The van der Waals surface area contributed by atoms with Crippen molar-refractivity contribution < 1.29 is 19.8 Å². The van der Waals surface area contributed by atoms with E-state index in [9.17, 15) is 19.8 Å². The van der Waals surface area contributed by atoms with Gasteiger partial charge in [0.05, 0.1) is 12.2 Å². The molecule has 0 radical (unpaired) electrons. The lowest BCUT2D eigenvalue weighted by atomic mass is 9.93. The molecule has 8 nitrogen and oxygen atoms in total. The molecule has 0 aromatic carbocycles. The van der Waals surface area contributed by atoms with Crippen molar-refractivity contribution in [2.45, 2.75) is 37.9 Å². The number of nitrogens with zero attached hydrogens (tertiary/aromatic N) is 4. The number of likely N-dealkylation sites (tertiary alicyclic amines) is 2. The van der Waals surface area contributed by atoms with Gasteiger partial charge in [-0.2, -0.15) is 0 Å². The summed E-state index contributed by atoms with van der Waals surface area (Å²) in [5.41, 5.74) is 1.95. The molecule has 0 saturated carbocycles. The highest BCUT2D eigenvalue weighted by molar-refractivity contribution is 6.24. The maximum Gasteiger partial charge on any atom is 0.229 e. The van der Waals surface area contributed by atoms with E-state index in [-0.39, 0.29) is 11.6 Å². The molecule has 0 spiro atoms. The number of hydrogen-bond donors (Lipinski definition) is 2. The molecule has 1 aliphatic carbocycles. The highest BCUT2D eigenvalue weighted by atomic mass is 16.3. The van der Waals surface area contributed by atoms with Crippen molar-refractivity contribution in [3.05, 3.63) is 22.8 Å². The summed E-state index contributed by atoms with van der Waals surface area (Å²) in [6.07, 6.45) is 2.16. The number of β-amino-alcohol motifs (C(OH)–C–C–N with tert-alkyl or cyclic N) is 2. The van der Waals surface area contributed by atoms with E-state index >= 15 is 0 Å². The molecule has 0 amide bonds. The lowest BCUT2D eigenvalue weighted by molar-refractivity contribution is -0.121. The summed E-state index contributed by atoms with van der Waals surface area (Å²) in [5.74, 6) is -0.189. The van der Waals surface area contributed by atoms with Crippen molar-refractivity contribution >= 4 is 11.6 Å². The molecule has 4 aliphatic heterocycles. The second kappa shape index (κ2) is 6.77. The van der Waals surface area contributed by atoms with E-state index < -0.39 is 12.2 Å². The Bertz CT molecular complexity index is 704. The van der Waals surface area contributed by atoms with Crippen molar-refractivity contribution in [1.82, 2.24) is 19.6 Å². The van der Waals surface area contributed by atoms with Gasteiger partial charge < -0.3 is 29.8 Å². The number of carbonyl (C=O) groups is 2. The standard InChI is InChI=1S/C20H28N4O4/c25-13-3-1-5-23(11-13)17-15(21-7-8-21)20(28)18(16(19(17)27)22-9-10-22)24-6-2-4-14(26)12-24/h13-14,25-26H,1-12H2. The lowest BCUT2D eigenvalue weighted by Gasteiger charge is -2.40. The van der Waals surface area contributed by atoms with E-state index in [1.165, 1.54) is 0 Å². The van der Waals surface area contributed by atoms with E-state index in [4.69, 9.17) is 0 Å². The Hall–Kier alpha value is -2.06. The zero-order valence-corrected chi connectivity index (χ0v) is 16.1. The quantitative estimate of drug-likeness (QED) is 0.474. The smallest absolute Gasteiger partial charge is 0.229 e. The van der Waals surface area contributed by atoms with Gasteiger partial charge in [0.2, 0.25) is 11.6 Å². The first-order chi connectivity index (χ1) is 13.5. The first kappa shape index (κ1) is 18.0. The van der Waals surface area contributed by atoms with Crippen LogP contribution in [0, 0.1) is 0 Å². The monoisotopic (exact) mass is 388 g/mol. The maximum absolute atomic E-state index is 13.7. The predicted molar refractivity (Wildman–Crippen MR) is 101 cm³/mol. The van der Waals surface area contributed by atoms with Crippen LogP contribution in [0.3, 0.4) is 0 Å². The molecule has 4 saturated heterocycles. The van der Waals surface area contributed by atoms with E-state index in [0.717, 1.165) is 51.9 Å². The average molecular weight is 388 g/mol. The van der Waals surface area contributed by atoms with E-state index in [2.05, 4.69) is 0 Å². The van der Waals surface area contributed by atoms with Gasteiger partial charge >= 0.3 is 0 Å². The topological polar surface area (TPSA) is 87.1 Å². The molecule has 0 bridgehead atoms. The van der Waals surface area contributed by atoms with E-state index in [0.29, 0.717) is 49.0 Å². The maximum atomic E-state index is 13.7. The number of hydrogen-bond acceptors (Lipinski definition) is 8. The summed E-state index contributed by atoms with van der Waals surface area (Å²) < 4.78 is 0. The fourth-order valence-corrected chi connectivity index (χ4v) is 4.69. The summed E-state index contributed by atoms with van der Waals surface area (Å²) in [7, 11) is 0. The number of rotatable bonds is 4. The zero-order valence-electron chi connectivity index (χ0n) is 16.1. The van der Waals surface area contributed by atoms with Crippen molar-refractivity contribution in [3.8, 4) is 0 Å². The number of carbonyl (C=O) groups excluding carboxylic acids is 2. The first-order valence-electron chi connectivity index (χ1n) is 10.5. The Balaban J connectivity index is 1.57. The third kappa shape index (κ3) is 3.08. The SMILES string of the molecule is O=C1C(N2CC2)=C(N2CCCC(O)C2)C(=O)C(N2CC2)=C1N1CCCC(O)C1. The number of ketones is 2. The summed E-state index contributed by atoms with van der Waals surface area (Å²) in [6, 6.07) is 0. The van der Waals surface area contributed by atoms with Crippen LogP contribution < -0.4 is 0 Å². The van der Waals surface area contributed by atoms with Crippen LogP contribution in [0.1, 0.15) is 25.7 Å². The molecule has 28 heavy (non-hydrogen) atoms. The van der Waals surface area contributed by atoms with Crippen molar-refractivity contribution in [3.63, 3.8) is 0 Å². The van der Waals surface area contributed by atoms with Gasteiger partial charge in [-0.25, -0.2) is 0 Å². The van der Waals surface area contributed by atoms with Gasteiger partial charge in [-0.05, 0) is 25.7 Å². The van der Waals surface area contributed by atoms with Crippen LogP contribution in [0.2, 0.25) is 0 Å². The summed E-state index contributed by atoms with van der Waals surface area (Å²) in [4.78, 5) is 35.2. The Labute approximate surface area is 164 Å². The van der Waals surface area contributed by atoms with Gasteiger partial charge in [-0.3, -0.25) is 9.59 Å². The molecule has 5 aliphatic rings. The van der Waals surface area contributed by atoms with Gasteiger partial charge in [-0.15, -0.1) is 0 Å². The minimum absolute atomic E-state index is 0.0943. The Morgan fingerprint density at radius 2 is 0.929 bits per heavy atom. The summed E-state index contributed by atoms with van der Waals surface area (Å²) >= 11 is 0. The number of Topliss-reactive ketones (excluding diaryl/α,β-unsaturated/α-hetero) is 2. The predicted octanol–water partition coefficient (Wildman–Crippen LogP) is -0.894. The van der Waals surface area contributed by atoms with Crippen LogP contribution in [-0.2, 0) is 9.59 Å². The van der Waals surface area contributed by atoms with E-state index in [1.807, 2.05) is 19.6 Å². The van der Waals surface area contributed by atoms with Crippen molar-refractivity contribution in [2.75, 3.05) is 52.4 Å². The second-order valence-corrected chi connectivity index (χ2v) is 8.51. The third-order valence-corrected chi connectivity index (χ3v) is 6.26. The molecule has 2 unspecified atom stereocenters. The zero-order chi connectivity index (χ0) is 19.4. The molecule has 4 heterocycles. The molecule has 0 aromatic heterocycles. The van der Waals surface area contributed by atoms with Gasteiger partial charge in [0.1, 0.15) is 22.8 Å². The van der Waals surface area contributed by atoms with Crippen molar-refractivity contribution in [1.29, 1.82) is 0 Å². The van der Waals surface area contributed by atoms with Crippen LogP contribution in [0.15, 0.2) is 22.8 Å². The Kier molecular flexibility index (Phi) is 4.35. The van der Waals surface area contributed by atoms with Gasteiger partial charge in [0.15, 0.2) is 0 Å². The van der Waals surface area contributed by atoms with E-state index in [1.54, 1.807) is 0 Å². The average Bonchev–Trinajstić information content (AvgIpc) is 3.55. The number of aliphatic hydroxyl groups is 2. The van der Waals surface area contributed by atoms with Crippen LogP contribution in [0.25, 0.3) is 0 Å². The molecule has 4 fully saturated rings. The molecular formula is C20H28N4O4. The normalized spacial score (nSPS) is 31.2. The van der Waals surface area contributed by atoms with Crippen LogP contribution in [-0.4, -0.2) is 106 Å². The van der Waals surface area contributed by atoms with Crippen LogP contribution in [0.5, 0.6) is 0 Å². The van der Waals surface area contributed by atoms with Crippen molar-refractivity contribution in [2.24, 2.45) is 0 Å². The first-order valence-corrected chi connectivity index (χ1v) is 10.5. The highest BCUT2D eigenvalue weighted by Gasteiger charge is 2.47. The number of aliphatic hydroxyl groups excluding tert-OH is 2. The lowest BCUT2D eigenvalue weighted by Crippen LogP contribution is -2.48. The summed E-state index contributed by atoms with van der Waals surface area (Å²) in [5, 5.41) is 20.3. The Morgan fingerprint density at radius 3 is 1.25 bits per heavy atom. The number of piperidine rings is 2. The minimum atomic E-state index is -0.466. The fraction of sp³-hybridized carbons (Fsp3) is 0.700. The minimum Gasteiger partial charge on any atom is -0.391 e. The fourth-order valence-electron chi connectivity index (χ4n) is 4.69. The van der Waals surface area contributed by atoms with Crippen LogP contribution in [0.4, 0.5) is 0 Å². The second-order valence-electron chi connectivity index (χ2n) is 8.51. The van der Waals surface area contributed by atoms with Gasteiger partial charge in [0.25, 0.3) is 0 Å². The van der Waals surface area contributed by atoms with Gasteiger partial charge in [0, 0.05) is 52.4 Å².